The Labute approximate surface area is 121 Å². The molecule has 2 amide bonds. The summed E-state index contributed by atoms with van der Waals surface area (Å²) in [5.74, 6) is -0.871. The lowest BCUT2D eigenvalue weighted by atomic mass is 10.0. The van der Waals surface area contributed by atoms with Crippen molar-refractivity contribution in [3.8, 4) is 0 Å². The molecular formula is C13H18BrN3O2. The molecule has 1 rings (SSSR count). The summed E-state index contributed by atoms with van der Waals surface area (Å²) in [4.78, 5) is 24.6. The molecule has 4 N–H and O–H groups in total. The molecule has 0 bridgehead atoms. The quantitative estimate of drug-likeness (QED) is 0.845. The van der Waals surface area contributed by atoms with Crippen LogP contribution in [0.2, 0.25) is 0 Å². The third-order valence-corrected chi connectivity index (χ3v) is 3.00. The van der Waals surface area contributed by atoms with Crippen molar-refractivity contribution in [1.29, 1.82) is 0 Å². The Morgan fingerprint density at radius 3 is 2.21 bits per heavy atom. The van der Waals surface area contributed by atoms with E-state index in [4.69, 9.17) is 11.5 Å². The van der Waals surface area contributed by atoms with Gasteiger partial charge in [-0.25, -0.2) is 0 Å². The molecule has 0 unspecified atom stereocenters. The highest BCUT2D eigenvalue weighted by Gasteiger charge is 2.28. The molecule has 6 heteroatoms. The second kappa shape index (κ2) is 6.16. The van der Waals surface area contributed by atoms with E-state index in [-0.39, 0.29) is 12.5 Å². The Kier molecular flexibility index (Phi) is 5.08. The fourth-order valence-corrected chi connectivity index (χ4v) is 1.87. The van der Waals surface area contributed by atoms with E-state index in [1.165, 1.54) is 4.90 Å². The first kappa shape index (κ1) is 15.7. The molecule has 0 spiro atoms. The molecule has 104 valence electrons. The first-order valence-corrected chi connectivity index (χ1v) is 6.60. The van der Waals surface area contributed by atoms with Gasteiger partial charge >= 0.3 is 0 Å². The predicted molar refractivity (Wildman–Crippen MR) is 77.0 cm³/mol. The molecule has 0 aliphatic carbocycles. The Bertz CT molecular complexity index is 466. The van der Waals surface area contributed by atoms with Crippen LogP contribution in [0, 0.1) is 0 Å². The second-order valence-electron chi connectivity index (χ2n) is 4.98. The van der Waals surface area contributed by atoms with Gasteiger partial charge in [-0.15, -0.1) is 0 Å². The summed E-state index contributed by atoms with van der Waals surface area (Å²) in [5, 5.41) is 0. The van der Waals surface area contributed by atoms with Crippen molar-refractivity contribution in [2.24, 2.45) is 11.5 Å². The molecule has 1 aromatic carbocycles. The maximum absolute atomic E-state index is 12.2. The highest BCUT2D eigenvalue weighted by atomic mass is 79.9. The lowest BCUT2D eigenvalue weighted by Gasteiger charge is -2.28. The Morgan fingerprint density at radius 2 is 1.79 bits per heavy atom. The van der Waals surface area contributed by atoms with Crippen LogP contribution in [0.1, 0.15) is 19.4 Å². The number of primary amides is 1. The zero-order valence-electron chi connectivity index (χ0n) is 11.0. The van der Waals surface area contributed by atoms with Gasteiger partial charge in [0.05, 0.1) is 12.1 Å². The minimum absolute atomic E-state index is 0.143. The summed E-state index contributed by atoms with van der Waals surface area (Å²) in [6.07, 6.45) is 0. The van der Waals surface area contributed by atoms with Crippen LogP contribution in [-0.2, 0) is 16.1 Å². The highest BCUT2D eigenvalue weighted by Crippen LogP contribution is 2.14. The van der Waals surface area contributed by atoms with Gasteiger partial charge in [0.25, 0.3) is 0 Å². The van der Waals surface area contributed by atoms with Gasteiger partial charge in [-0.1, -0.05) is 28.1 Å². The number of carbonyl (C=O) groups is 2. The van der Waals surface area contributed by atoms with E-state index in [0.717, 1.165) is 10.0 Å². The lowest BCUT2D eigenvalue weighted by molar-refractivity contribution is -0.139. The maximum Gasteiger partial charge on any atom is 0.242 e. The molecular weight excluding hydrogens is 310 g/mol. The van der Waals surface area contributed by atoms with Crippen molar-refractivity contribution >= 4 is 27.7 Å². The maximum atomic E-state index is 12.2. The second-order valence-corrected chi connectivity index (χ2v) is 5.89. The van der Waals surface area contributed by atoms with E-state index in [1.807, 2.05) is 24.3 Å². The SMILES string of the molecule is CC(C)(N)C(=O)N(CC(N)=O)Cc1ccc(Br)cc1. The van der Waals surface area contributed by atoms with Gasteiger partial charge in [0, 0.05) is 11.0 Å². The van der Waals surface area contributed by atoms with Crippen molar-refractivity contribution < 1.29 is 9.59 Å². The number of amides is 2. The van der Waals surface area contributed by atoms with Crippen LogP contribution in [0.15, 0.2) is 28.7 Å². The van der Waals surface area contributed by atoms with Crippen molar-refractivity contribution in [3.05, 3.63) is 34.3 Å². The molecule has 0 saturated heterocycles. The summed E-state index contributed by atoms with van der Waals surface area (Å²) >= 11 is 3.34. The van der Waals surface area contributed by atoms with Crippen LogP contribution in [0.5, 0.6) is 0 Å². The Balaban J connectivity index is 2.89. The van der Waals surface area contributed by atoms with Crippen LogP contribution in [0.4, 0.5) is 0 Å². The first-order valence-electron chi connectivity index (χ1n) is 5.81. The van der Waals surface area contributed by atoms with Crippen LogP contribution in [0.3, 0.4) is 0 Å². The largest absolute Gasteiger partial charge is 0.368 e. The monoisotopic (exact) mass is 327 g/mol. The predicted octanol–water partition coefficient (Wildman–Crippen LogP) is 1.00. The van der Waals surface area contributed by atoms with E-state index in [0.29, 0.717) is 6.54 Å². The zero-order chi connectivity index (χ0) is 14.6. The molecule has 0 aromatic heterocycles. The third kappa shape index (κ3) is 5.00. The van der Waals surface area contributed by atoms with Gasteiger partial charge < -0.3 is 16.4 Å². The summed E-state index contributed by atoms with van der Waals surface area (Å²) < 4.78 is 0.947. The minimum atomic E-state index is -1.04. The topological polar surface area (TPSA) is 89.4 Å². The van der Waals surface area contributed by atoms with Gasteiger partial charge in [0.2, 0.25) is 11.8 Å². The Hall–Kier alpha value is -1.40. The average molecular weight is 328 g/mol. The van der Waals surface area contributed by atoms with Crippen LogP contribution >= 0.6 is 15.9 Å². The van der Waals surface area contributed by atoms with Gasteiger partial charge in [0.1, 0.15) is 0 Å². The molecule has 0 radical (unpaired) electrons. The zero-order valence-corrected chi connectivity index (χ0v) is 12.6. The summed E-state index contributed by atoms with van der Waals surface area (Å²) in [6, 6.07) is 7.48. The number of hydrogen-bond acceptors (Lipinski definition) is 3. The van der Waals surface area contributed by atoms with E-state index < -0.39 is 11.4 Å². The fourth-order valence-electron chi connectivity index (χ4n) is 1.61. The van der Waals surface area contributed by atoms with E-state index in [2.05, 4.69) is 15.9 Å². The third-order valence-electron chi connectivity index (χ3n) is 2.47. The van der Waals surface area contributed by atoms with E-state index in [1.54, 1.807) is 13.8 Å². The van der Waals surface area contributed by atoms with Crippen molar-refractivity contribution in [2.45, 2.75) is 25.9 Å². The first-order chi connectivity index (χ1) is 8.70. The van der Waals surface area contributed by atoms with Crippen molar-refractivity contribution in [2.75, 3.05) is 6.54 Å². The number of halogens is 1. The fraction of sp³-hybridized carbons (Fsp3) is 0.385. The summed E-state index contributed by atoms with van der Waals surface area (Å²) in [7, 11) is 0. The van der Waals surface area contributed by atoms with Crippen molar-refractivity contribution in [1.82, 2.24) is 4.90 Å². The molecule has 0 aliphatic rings. The van der Waals surface area contributed by atoms with Gasteiger partial charge in [-0.2, -0.15) is 0 Å². The molecule has 0 saturated carbocycles. The number of nitrogens with two attached hydrogens (primary N) is 2. The van der Waals surface area contributed by atoms with Crippen LogP contribution in [0.25, 0.3) is 0 Å². The number of rotatable bonds is 5. The van der Waals surface area contributed by atoms with E-state index in [9.17, 15) is 9.59 Å². The molecule has 1 aromatic rings. The molecule has 0 fully saturated rings. The Morgan fingerprint density at radius 1 is 1.26 bits per heavy atom. The molecule has 5 nitrogen and oxygen atoms in total. The van der Waals surface area contributed by atoms with Crippen molar-refractivity contribution in [3.63, 3.8) is 0 Å². The average Bonchev–Trinajstić information content (AvgIpc) is 2.28. The van der Waals surface area contributed by atoms with Gasteiger partial charge in [-0.3, -0.25) is 9.59 Å². The van der Waals surface area contributed by atoms with Crippen LogP contribution < -0.4 is 11.5 Å². The van der Waals surface area contributed by atoms with E-state index >= 15 is 0 Å². The summed E-state index contributed by atoms with van der Waals surface area (Å²) in [6.45, 7) is 3.36. The number of benzene rings is 1. The summed E-state index contributed by atoms with van der Waals surface area (Å²) in [5.41, 5.74) is 10.8. The minimum Gasteiger partial charge on any atom is -0.368 e. The molecule has 19 heavy (non-hydrogen) atoms. The normalized spacial score (nSPS) is 11.2. The lowest BCUT2D eigenvalue weighted by Crippen LogP contribution is -2.52. The standard InChI is InChI=1S/C13H18BrN3O2/c1-13(2,16)12(19)17(8-11(15)18)7-9-3-5-10(14)6-4-9/h3-6H,7-8,16H2,1-2H3,(H2,15,18). The van der Waals surface area contributed by atoms with Gasteiger partial charge in [0.15, 0.2) is 0 Å². The van der Waals surface area contributed by atoms with Crippen LogP contribution in [-0.4, -0.2) is 28.8 Å². The van der Waals surface area contributed by atoms with Gasteiger partial charge in [-0.05, 0) is 31.5 Å². The molecule has 0 heterocycles. The highest BCUT2D eigenvalue weighted by molar-refractivity contribution is 9.10. The number of nitrogens with zero attached hydrogens (tertiary/aromatic N) is 1. The number of hydrogen-bond donors (Lipinski definition) is 2. The number of carbonyl (C=O) groups excluding carboxylic acids is 2. The molecule has 0 atom stereocenters. The smallest absolute Gasteiger partial charge is 0.242 e. The molecule has 0 aliphatic heterocycles.